The second kappa shape index (κ2) is 3.82. The van der Waals surface area contributed by atoms with Crippen LogP contribution in [0.25, 0.3) is 0 Å². The number of nitrogens with two attached hydrogens (primary N) is 1. The zero-order chi connectivity index (χ0) is 10.2. The van der Waals surface area contributed by atoms with Crippen molar-refractivity contribution in [3.63, 3.8) is 0 Å². The summed E-state index contributed by atoms with van der Waals surface area (Å²) >= 11 is 0. The number of hydrogen-bond acceptors (Lipinski definition) is 2. The average Bonchev–Trinajstić information content (AvgIpc) is 2.52. The predicted molar refractivity (Wildman–Crippen MR) is 60.2 cm³/mol. The summed E-state index contributed by atoms with van der Waals surface area (Å²) in [6.45, 7) is 7.31. The Kier molecular flexibility index (Phi) is 2.85. The molecule has 14 heavy (non-hydrogen) atoms. The van der Waals surface area contributed by atoms with E-state index in [0.717, 1.165) is 0 Å². The lowest BCUT2D eigenvalue weighted by Crippen LogP contribution is -2.49. The minimum absolute atomic E-state index is 0.455. The maximum Gasteiger partial charge on any atom is 0.0247 e. The van der Waals surface area contributed by atoms with E-state index in [-0.39, 0.29) is 0 Å². The monoisotopic (exact) mass is 196 g/mol. The van der Waals surface area contributed by atoms with E-state index in [9.17, 15) is 0 Å². The molecule has 1 aliphatic carbocycles. The fourth-order valence-electron chi connectivity index (χ4n) is 2.88. The van der Waals surface area contributed by atoms with Crippen molar-refractivity contribution in [1.29, 1.82) is 0 Å². The maximum absolute atomic E-state index is 6.14. The van der Waals surface area contributed by atoms with Crippen molar-refractivity contribution in [1.82, 2.24) is 4.90 Å². The van der Waals surface area contributed by atoms with E-state index >= 15 is 0 Å². The van der Waals surface area contributed by atoms with Crippen molar-refractivity contribution < 1.29 is 0 Å². The zero-order valence-electron chi connectivity index (χ0n) is 9.63. The minimum Gasteiger partial charge on any atom is -0.326 e. The Morgan fingerprint density at radius 2 is 1.79 bits per heavy atom. The summed E-state index contributed by atoms with van der Waals surface area (Å²) in [6.07, 6.45) is 6.60. The summed E-state index contributed by atoms with van der Waals surface area (Å²) in [4.78, 5) is 2.64. The van der Waals surface area contributed by atoms with E-state index < -0.39 is 0 Å². The van der Waals surface area contributed by atoms with Gasteiger partial charge in [0, 0.05) is 12.1 Å². The molecule has 0 aromatic heterocycles. The average molecular weight is 196 g/mol. The third kappa shape index (κ3) is 2.12. The smallest absolute Gasteiger partial charge is 0.0247 e. The lowest BCUT2D eigenvalue weighted by Gasteiger charge is -2.41. The zero-order valence-corrected chi connectivity index (χ0v) is 9.63. The molecule has 2 fully saturated rings. The predicted octanol–water partition coefficient (Wildman–Crippen LogP) is 1.99. The molecule has 0 bridgehead atoms. The molecular formula is C12H24N2. The highest BCUT2D eigenvalue weighted by Crippen LogP contribution is 2.33. The number of nitrogens with zero attached hydrogens (tertiary/aromatic N) is 1. The first-order valence-electron chi connectivity index (χ1n) is 6.08. The molecule has 0 amide bonds. The van der Waals surface area contributed by atoms with Crippen LogP contribution in [0.2, 0.25) is 0 Å². The van der Waals surface area contributed by atoms with Crippen LogP contribution in [0.15, 0.2) is 0 Å². The Bertz CT molecular complexity index is 190. The van der Waals surface area contributed by atoms with E-state index in [2.05, 4.69) is 18.7 Å². The van der Waals surface area contributed by atoms with Crippen molar-refractivity contribution in [2.45, 2.75) is 58.0 Å². The number of hydrogen-bond donors (Lipinski definition) is 1. The minimum atomic E-state index is 0.455. The molecule has 2 atom stereocenters. The Morgan fingerprint density at radius 1 is 1.14 bits per heavy atom. The van der Waals surface area contributed by atoms with Gasteiger partial charge >= 0.3 is 0 Å². The van der Waals surface area contributed by atoms with Crippen LogP contribution in [-0.2, 0) is 0 Å². The third-order valence-electron chi connectivity index (χ3n) is 4.15. The number of piperidine rings is 1. The molecular weight excluding hydrogens is 172 g/mol. The van der Waals surface area contributed by atoms with Gasteiger partial charge in [0.15, 0.2) is 0 Å². The van der Waals surface area contributed by atoms with E-state index in [1.807, 2.05) is 0 Å². The molecule has 1 heterocycles. The molecule has 2 unspecified atom stereocenters. The van der Waals surface area contributed by atoms with Gasteiger partial charge in [-0.05, 0) is 44.2 Å². The molecule has 2 heteroatoms. The van der Waals surface area contributed by atoms with Crippen LogP contribution in [0.3, 0.4) is 0 Å². The standard InChI is InChI=1S/C12H24N2/c1-12(2)6-8-14(9-7-12)11-5-3-4-10(11)13/h10-11H,3-9,13H2,1-2H3. The summed E-state index contributed by atoms with van der Waals surface area (Å²) in [5, 5.41) is 0. The van der Waals surface area contributed by atoms with Gasteiger partial charge in [0.1, 0.15) is 0 Å². The fourth-order valence-corrected chi connectivity index (χ4v) is 2.88. The molecule has 1 saturated heterocycles. The van der Waals surface area contributed by atoms with E-state index in [4.69, 9.17) is 5.73 Å². The summed E-state index contributed by atoms with van der Waals surface area (Å²) in [5.74, 6) is 0. The lowest BCUT2D eigenvalue weighted by molar-refractivity contribution is 0.0896. The van der Waals surface area contributed by atoms with Gasteiger partial charge < -0.3 is 5.73 Å². The highest BCUT2D eigenvalue weighted by molar-refractivity contribution is 4.91. The first kappa shape index (κ1) is 10.4. The topological polar surface area (TPSA) is 29.3 Å². The normalized spacial score (nSPS) is 38.8. The maximum atomic E-state index is 6.14. The number of likely N-dealkylation sites (tertiary alicyclic amines) is 1. The summed E-state index contributed by atoms with van der Waals surface area (Å²) in [5.41, 5.74) is 6.70. The highest BCUT2D eigenvalue weighted by atomic mass is 15.2. The lowest BCUT2D eigenvalue weighted by atomic mass is 9.82. The Labute approximate surface area is 87.8 Å². The molecule has 1 aliphatic heterocycles. The molecule has 2 aliphatic rings. The van der Waals surface area contributed by atoms with Crippen molar-refractivity contribution in [3.8, 4) is 0 Å². The van der Waals surface area contributed by atoms with Gasteiger partial charge in [0.25, 0.3) is 0 Å². The van der Waals surface area contributed by atoms with Crippen LogP contribution in [-0.4, -0.2) is 30.1 Å². The summed E-state index contributed by atoms with van der Waals surface area (Å²) < 4.78 is 0. The van der Waals surface area contributed by atoms with Crippen LogP contribution >= 0.6 is 0 Å². The van der Waals surface area contributed by atoms with Gasteiger partial charge in [-0.3, -0.25) is 4.90 Å². The molecule has 1 saturated carbocycles. The van der Waals surface area contributed by atoms with Gasteiger partial charge in [-0.25, -0.2) is 0 Å². The summed E-state index contributed by atoms with van der Waals surface area (Å²) in [7, 11) is 0. The van der Waals surface area contributed by atoms with Crippen molar-refractivity contribution in [3.05, 3.63) is 0 Å². The molecule has 2 nitrogen and oxygen atoms in total. The van der Waals surface area contributed by atoms with Gasteiger partial charge in [-0.1, -0.05) is 20.3 Å². The number of rotatable bonds is 1. The van der Waals surface area contributed by atoms with Gasteiger partial charge in [0.05, 0.1) is 0 Å². The molecule has 2 N–H and O–H groups in total. The Morgan fingerprint density at radius 3 is 2.29 bits per heavy atom. The molecule has 0 radical (unpaired) electrons. The van der Waals surface area contributed by atoms with Crippen molar-refractivity contribution in [2.75, 3.05) is 13.1 Å². The second-order valence-corrected chi connectivity index (χ2v) is 5.86. The molecule has 82 valence electrons. The van der Waals surface area contributed by atoms with Gasteiger partial charge in [-0.2, -0.15) is 0 Å². The van der Waals surface area contributed by atoms with Crippen LogP contribution in [0.4, 0.5) is 0 Å². The third-order valence-corrected chi connectivity index (χ3v) is 4.15. The van der Waals surface area contributed by atoms with Crippen molar-refractivity contribution in [2.24, 2.45) is 11.1 Å². The SMILES string of the molecule is CC1(C)CCN(C2CCCC2N)CC1. The van der Waals surface area contributed by atoms with E-state index in [1.54, 1.807) is 0 Å². The fraction of sp³-hybridized carbons (Fsp3) is 1.00. The van der Waals surface area contributed by atoms with E-state index in [1.165, 1.54) is 45.2 Å². The summed E-state index contributed by atoms with van der Waals surface area (Å²) in [6, 6.07) is 1.15. The Hall–Kier alpha value is -0.0800. The quantitative estimate of drug-likeness (QED) is 0.695. The molecule has 2 rings (SSSR count). The highest BCUT2D eigenvalue weighted by Gasteiger charge is 2.33. The molecule has 0 spiro atoms. The first-order valence-corrected chi connectivity index (χ1v) is 6.08. The largest absolute Gasteiger partial charge is 0.326 e. The molecule has 0 aromatic carbocycles. The van der Waals surface area contributed by atoms with Gasteiger partial charge in [0.2, 0.25) is 0 Å². The second-order valence-electron chi connectivity index (χ2n) is 5.86. The first-order chi connectivity index (χ1) is 6.58. The molecule has 0 aromatic rings. The Balaban J connectivity index is 1.89. The van der Waals surface area contributed by atoms with Crippen LogP contribution in [0.5, 0.6) is 0 Å². The van der Waals surface area contributed by atoms with Crippen LogP contribution < -0.4 is 5.73 Å². The van der Waals surface area contributed by atoms with E-state index in [0.29, 0.717) is 17.5 Å². The van der Waals surface area contributed by atoms with Gasteiger partial charge in [-0.15, -0.1) is 0 Å². The van der Waals surface area contributed by atoms with Crippen molar-refractivity contribution >= 4 is 0 Å². The van der Waals surface area contributed by atoms with Crippen LogP contribution in [0, 0.1) is 5.41 Å². The van der Waals surface area contributed by atoms with Crippen LogP contribution in [0.1, 0.15) is 46.0 Å².